The number of hydrogen-bond acceptors (Lipinski definition) is 0. The standard InChI is InChI=1S/C21H25.C15H19.C6H10.2ClH.Zr/c1-20(2,3)16-9-7-14-11-15-8-10-17(21(4,5)6)13-19(15)18(14)12-16;1-2-4-14(3-1)15-8-11-5-12(9-15)7-13(6-11)10-15;1-2-4-6-5-3-1;;;/h7-13H,1-6H3;1,3,11-13H,2,5-10H2;1-5H2;2*1H;/q2*-1;;;;+2/p-2. The Morgan fingerprint density at radius 2 is 1.18 bits per heavy atom. The molecule has 0 nitrogen and oxygen atoms in total. The predicted molar refractivity (Wildman–Crippen MR) is 184 cm³/mol. The second-order valence-corrected chi connectivity index (χ2v) is 18.5. The van der Waals surface area contributed by atoms with Crippen molar-refractivity contribution in [3.05, 3.63) is 77.4 Å². The van der Waals surface area contributed by atoms with Crippen molar-refractivity contribution in [1.29, 1.82) is 0 Å². The third-order valence-electron chi connectivity index (χ3n) is 11.2. The Balaban J connectivity index is 0.000000167. The summed E-state index contributed by atoms with van der Waals surface area (Å²) in [4.78, 5) is 0. The zero-order valence-corrected chi connectivity index (χ0v) is 32.6. The van der Waals surface area contributed by atoms with Crippen LogP contribution in [0.4, 0.5) is 0 Å². The van der Waals surface area contributed by atoms with Crippen LogP contribution in [0.15, 0.2) is 60.2 Å². The molecule has 0 amide bonds. The van der Waals surface area contributed by atoms with E-state index in [4.69, 9.17) is 0 Å². The molecule has 4 bridgehead atoms. The van der Waals surface area contributed by atoms with Gasteiger partial charge in [0, 0.05) is 0 Å². The second kappa shape index (κ2) is 14.7. The van der Waals surface area contributed by atoms with Crippen molar-refractivity contribution in [2.75, 3.05) is 0 Å². The average Bonchev–Trinajstić information content (AvgIpc) is 3.61. The molecule has 6 aliphatic rings. The van der Waals surface area contributed by atoms with Crippen molar-refractivity contribution < 1.29 is 49.0 Å². The maximum atomic E-state index is 3.62. The molecule has 0 spiro atoms. The van der Waals surface area contributed by atoms with E-state index in [1.165, 1.54) is 84.0 Å². The first-order valence-electron chi connectivity index (χ1n) is 17.4. The molecular weight excluding hydrogens is 667 g/mol. The van der Waals surface area contributed by atoms with Crippen LogP contribution in [-0.4, -0.2) is 3.21 Å². The zero-order valence-electron chi connectivity index (χ0n) is 28.7. The van der Waals surface area contributed by atoms with Crippen LogP contribution in [0.2, 0.25) is 0 Å². The van der Waals surface area contributed by atoms with Gasteiger partial charge in [0.1, 0.15) is 0 Å². The van der Waals surface area contributed by atoms with Gasteiger partial charge in [0.25, 0.3) is 0 Å². The Bertz CT molecular complexity index is 1420. The van der Waals surface area contributed by atoms with Crippen molar-refractivity contribution >= 4 is 24.8 Å². The molecular formula is C42H54Cl2Zr-2. The SMILES string of the molecule is CC(C)(C)c1ccc2[cH-]c3ccc(C(C)(C)C)cc3c2c1.[C-]1=C(C23CC4CC(CC(C4)C2)C3)C=CC1.[Cl-].[Cl-].[Zr+2]=[C]1CCCCC1. The molecule has 0 aliphatic heterocycles. The first-order valence-corrected chi connectivity index (χ1v) is 18.6. The van der Waals surface area contributed by atoms with Gasteiger partial charge in [-0.3, -0.25) is 6.08 Å². The molecule has 3 heteroatoms. The van der Waals surface area contributed by atoms with Gasteiger partial charge in [-0.1, -0.05) is 76.9 Å². The molecule has 0 saturated heterocycles. The van der Waals surface area contributed by atoms with E-state index in [1.807, 2.05) is 0 Å². The Morgan fingerprint density at radius 3 is 1.53 bits per heavy atom. The number of allylic oxidation sites excluding steroid dienone is 4. The summed E-state index contributed by atoms with van der Waals surface area (Å²) >= 11 is 1.69. The van der Waals surface area contributed by atoms with Crippen LogP contribution in [0.3, 0.4) is 0 Å². The maximum absolute atomic E-state index is 3.62. The number of fused-ring (bicyclic) bond motifs is 3. The first-order chi connectivity index (χ1) is 20.4. The average molecular weight is 721 g/mol. The van der Waals surface area contributed by atoms with Gasteiger partial charge in [0.15, 0.2) is 0 Å². The van der Waals surface area contributed by atoms with E-state index < -0.39 is 0 Å². The topological polar surface area (TPSA) is 0 Å². The van der Waals surface area contributed by atoms with E-state index in [0.717, 1.165) is 24.2 Å². The third kappa shape index (κ3) is 8.41. The van der Waals surface area contributed by atoms with E-state index >= 15 is 0 Å². The van der Waals surface area contributed by atoms with Gasteiger partial charge in [-0.15, -0.1) is 46.2 Å². The van der Waals surface area contributed by atoms with Gasteiger partial charge in [-0.25, -0.2) is 11.6 Å². The molecule has 5 saturated carbocycles. The molecule has 0 atom stereocenters. The fourth-order valence-electron chi connectivity index (χ4n) is 9.12. The summed E-state index contributed by atoms with van der Waals surface area (Å²) in [6, 6.07) is 16.1. The summed E-state index contributed by atoms with van der Waals surface area (Å²) in [6.07, 6.45) is 25.8. The van der Waals surface area contributed by atoms with E-state index in [-0.39, 0.29) is 35.6 Å². The summed E-state index contributed by atoms with van der Waals surface area (Å²) in [5, 5.41) is 5.49. The van der Waals surface area contributed by atoms with E-state index in [9.17, 15) is 0 Å². The summed E-state index contributed by atoms with van der Waals surface area (Å²) in [5.41, 5.74) is 5.40. The van der Waals surface area contributed by atoms with E-state index in [1.54, 1.807) is 52.3 Å². The number of benzene rings is 2. The minimum atomic E-state index is 0. The monoisotopic (exact) mass is 718 g/mol. The molecule has 0 aromatic heterocycles. The van der Waals surface area contributed by atoms with Gasteiger partial charge < -0.3 is 24.8 Å². The zero-order chi connectivity index (χ0) is 30.4. The van der Waals surface area contributed by atoms with E-state index in [2.05, 4.69) is 102 Å². The van der Waals surface area contributed by atoms with Crippen molar-refractivity contribution in [1.82, 2.24) is 0 Å². The van der Waals surface area contributed by atoms with Crippen LogP contribution < -0.4 is 24.8 Å². The van der Waals surface area contributed by atoms with Gasteiger partial charge in [-0.2, -0.15) is 6.08 Å². The van der Waals surface area contributed by atoms with Crippen LogP contribution >= 0.6 is 0 Å². The Labute approximate surface area is 301 Å². The molecule has 0 unspecified atom stereocenters. The summed E-state index contributed by atoms with van der Waals surface area (Å²) in [6.45, 7) is 13.7. The first kappa shape index (κ1) is 37.0. The predicted octanol–water partition coefficient (Wildman–Crippen LogP) is 5.88. The number of hydrogen-bond donors (Lipinski definition) is 0. The molecule has 0 N–H and O–H groups in total. The third-order valence-corrected chi connectivity index (χ3v) is 12.4. The van der Waals surface area contributed by atoms with Crippen molar-refractivity contribution in [2.24, 2.45) is 23.2 Å². The van der Waals surface area contributed by atoms with Crippen molar-refractivity contribution in [3.63, 3.8) is 0 Å². The Hall–Kier alpha value is -0.877. The molecule has 5 fully saturated rings. The molecule has 242 valence electrons. The van der Waals surface area contributed by atoms with Gasteiger partial charge in [0.05, 0.1) is 0 Å². The number of halogens is 2. The summed E-state index contributed by atoms with van der Waals surface area (Å²) in [5.74, 6) is 3.21. The Morgan fingerprint density at radius 1 is 0.711 bits per heavy atom. The minimum absolute atomic E-state index is 0. The molecule has 0 radical (unpaired) electrons. The quantitative estimate of drug-likeness (QED) is 0.276. The van der Waals surface area contributed by atoms with Crippen LogP contribution in [0.1, 0.15) is 130 Å². The summed E-state index contributed by atoms with van der Waals surface area (Å²) < 4.78 is 1.80. The molecule has 45 heavy (non-hydrogen) atoms. The van der Waals surface area contributed by atoms with Crippen molar-refractivity contribution in [3.8, 4) is 0 Å². The number of rotatable bonds is 1. The van der Waals surface area contributed by atoms with Gasteiger partial charge in [0.2, 0.25) is 0 Å². The molecule has 6 aliphatic carbocycles. The van der Waals surface area contributed by atoms with Crippen molar-refractivity contribution in [2.45, 2.75) is 129 Å². The fraction of sp³-hybridized carbons (Fsp3) is 0.571. The van der Waals surface area contributed by atoms with E-state index in [0.29, 0.717) is 5.41 Å². The normalized spacial score (nSPS) is 26.8. The molecule has 9 rings (SSSR count). The van der Waals surface area contributed by atoms with Crippen LogP contribution in [0.5, 0.6) is 0 Å². The fourth-order valence-corrected chi connectivity index (χ4v) is 9.99. The van der Waals surface area contributed by atoms with Crippen LogP contribution in [0, 0.1) is 29.2 Å². The second-order valence-electron chi connectivity index (χ2n) is 16.8. The molecule has 3 aromatic rings. The summed E-state index contributed by atoms with van der Waals surface area (Å²) in [7, 11) is 0. The van der Waals surface area contributed by atoms with Gasteiger partial charge >= 0.3 is 59.5 Å². The molecule has 0 heterocycles. The van der Waals surface area contributed by atoms with Crippen LogP contribution in [-0.2, 0) is 35.1 Å². The van der Waals surface area contributed by atoms with Crippen LogP contribution in [0.25, 0.3) is 21.5 Å². The Kier molecular flexibility index (Phi) is 12.1. The molecule has 3 aromatic carbocycles. The van der Waals surface area contributed by atoms with Gasteiger partial charge in [-0.05, 0) is 72.5 Å².